The van der Waals surface area contributed by atoms with E-state index in [4.69, 9.17) is 5.73 Å². The van der Waals surface area contributed by atoms with Gasteiger partial charge in [0, 0.05) is 36.5 Å². The molecule has 82 valence electrons. The van der Waals surface area contributed by atoms with Gasteiger partial charge in [-0.1, -0.05) is 6.92 Å². The SMILES string of the molecule is CCC1CN(c2nccnc2N)CCS1. The van der Waals surface area contributed by atoms with Crippen molar-refractivity contribution in [2.24, 2.45) is 0 Å². The Kier molecular flexibility index (Phi) is 3.30. The number of hydrogen-bond acceptors (Lipinski definition) is 5. The lowest BCUT2D eigenvalue weighted by atomic mass is 10.3. The Bertz CT molecular complexity index is 331. The van der Waals surface area contributed by atoms with Crippen LogP contribution in [-0.4, -0.2) is 34.1 Å². The third kappa shape index (κ3) is 2.34. The average molecular weight is 224 g/mol. The van der Waals surface area contributed by atoms with Crippen LogP contribution in [0.15, 0.2) is 12.4 Å². The maximum absolute atomic E-state index is 5.82. The second kappa shape index (κ2) is 4.70. The van der Waals surface area contributed by atoms with Crippen molar-refractivity contribution < 1.29 is 0 Å². The fraction of sp³-hybridized carbons (Fsp3) is 0.600. The van der Waals surface area contributed by atoms with Crippen LogP contribution in [0.3, 0.4) is 0 Å². The first-order chi connectivity index (χ1) is 7.31. The molecule has 2 rings (SSSR count). The zero-order valence-electron chi connectivity index (χ0n) is 8.89. The first kappa shape index (κ1) is 10.5. The van der Waals surface area contributed by atoms with Crippen molar-refractivity contribution in [3.05, 3.63) is 12.4 Å². The number of nitrogens with two attached hydrogens (primary N) is 1. The van der Waals surface area contributed by atoms with Crippen LogP contribution in [0.2, 0.25) is 0 Å². The van der Waals surface area contributed by atoms with Crippen molar-refractivity contribution >= 4 is 23.4 Å². The van der Waals surface area contributed by atoms with Gasteiger partial charge in [-0.3, -0.25) is 0 Å². The standard InChI is InChI=1S/C10H16N4S/c1-2-8-7-14(5-6-15-8)10-9(11)12-3-4-13-10/h3-4,8H,2,5-7H2,1H3,(H2,11,12). The molecule has 0 saturated carbocycles. The average Bonchev–Trinajstić information content (AvgIpc) is 2.30. The molecule has 2 N–H and O–H groups in total. The molecule has 1 aromatic heterocycles. The van der Waals surface area contributed by atoms with Crippen molar-refractivity contribution in [2.45, 2.75) is 18.6 Å². The van der Waals surface area contributed by atoms with Gasteiger partial charge in [-0.2, -0.15) is 11.8 Å². The topological polar surface area (TPSA) is 55.0 Å². The molecule has 0 aliphatic carbocycles. The molecule has 0 radical (unpaired) electrons. The quantitative estimate of drug-likeness (QED) is 0.822. The molecule has 2 heterocycles. The monoisotopic (exact) mass is 224 g/mol. The highest BCUT2D eigenvalue weighted by Crippen LogP contribution is 2.26. The van der Waals surface area contributed by atoms with Gasteiger partial charge in [0.2, 0.25) is 0 Å². The smallest absolute Gasteiger partial charge is 0.171 e. The van der Waals surface area contributed by atoms with Crippen LogP contribution in [0, 0.1) is 0 Å². The van der Waals surface area contributed by atoms with Crippen LogP contribution < -0.4 is 10.6 Å². The zero-order valence-corrected chi connectivity index (χ0v) is 9.70. The van der Waals surface area contributed by atoms with Crippen LogP contribution in [0.5, 0.6) is 0 Å². The molecule has 0 spiro atoms. The number of nitrogens with zero attached hydrogens (tertiary/aromatic N) is 3. The molecule has 1 saturated heterocycles. The van der Waals surface area contributed by atoms with Crippen LogP contribution in [-0.2, 0) is 0 Å². The molecular weight excluding hydrogens is 208 g/mol. The summed E-state index contributed by atoms with van der Waals surface area (Å²) in [6.45, 7) is 4.27. The van der Waals surface area contributed by atoms with Gasteiger partial charge in [0.25, 0.3) is 0 Å². The van der Waals surface area contributed by atoms with Gasteiger partial charge in [-0.25, -0.2) is 9.97 Å². The predicted molar refractivity (Wildman–Crippen MR) is 65.2 cm³/mol. The minimum Gasteiger partial charge on any atom is -0.381 e. The highest BCUT2D eigenvalue weighted by Gasteiger charge is 2.21. The number of hydrogen-bond donors (Lipinski definition) is 1. The molecule has 1 aromatic rings. The van der Waals surface area contributed by atoms with Crippen molar-refractivity contribution in [3.8, 4) is 0 Å². The molecule has 0 aromatic carbocycles. The number of aromatic nitrogens is 2. The van der Waals surface area contributed by atoms with Crippen LogP contribution in [0.25, 0.3) is 0 Å². The van der Waals surface area contributed by atoms with Gasteiger partial charge >= 0.3 is 0 Å². The first-order valence-electron chi connectivity index (χ1n) is 5.24. The molecule has 5 heteroatoms. The third-order valence-electron chi connectivity index (χ3n) is 2.60. The van der Waals surface area contributed by atoms with Gasteiger partial charge in [0.05, 0.1) is 0 Å². The van der Waals surface area contributed by atoms with Crippen LogP contribution in [0.1, 0.15) is 13.3 Å². The lowest BCUT2D eigenvalue weighted by Crippen LogP contribution is -2.38. The van der Waals surface area contributed by atoms with E-state index in [1.165, 1.54) is 6.42 Å². The molecule has 1 aliphatic heterocycles. The Hall–Kier alpha value is -0.970. The second-order valence-corrected chi connectivity index (χ2v) is 5.02. The van der Waals surface area contributed by atoms with E-state index in [2.05, 4.69) is 21.8 Å². The molecule has 0 bridgehead atoms. The van der Waals surface area contributed by atoms with E-state index in [9.17, 15) is 0 Å². The first-order valence-corrected chi connectivity index (χ1v) is 6.29. The number of thioether (sulfide) groups is 1. The lowest BCUT2D eigenvalue weighted by Gasteiger charge is -2.32. The van der Waals surface area contributed by atoms with Crippen molar-refractivity contribution in [1.82, 2.24) is 9.97 Å². The van der Waals surface area contributed by atoms with Crippen molar-refractivity contribution in [3.63, 3.8) is 0 Å². The zero-order chi connectivity index (χ0) is 10.7. The second-order valence-electron chi connectivity index (χ2n) is 3.61. The summed E-state index contributed by atoms with van der Waals surface area (Å²) in [5.41, 5.74) is 5.82. The Morgan fingerprint density at radius 2 is 2.33 bits per heavy atom. The Labute approximate surface area is 94.3 Å². The molecule has 15 heavy (non-hydrogen) atoms. The van der Waals surface area contributed by atoms with Gasteiger partial charge in [0.15, 0.2) is 11.6 Å². The van der Waals surface area contributed by atoms with Gasteiger partial charge in [-0.15, -0.1) is 0 Å². The summed E-state index contributed by atoms with van der Waals surface area (Å²) in [4.78, 5) is 10.6. The summed E-state index contributed by atoms with van der Waals surface area (Å²) >= 11 is 2.04. The van der Waals surface area contributed by atoms with Crippen molar-refractivity contribution in [1.29, 1.82) is 0 Å². The Morgan fingerprint density at radius 3 is 3.07 bits per heavy atom. The molecule has 1 aliphatic rings. The normalized spacial score (nSPS) is 21.7. The summed E-state index contributed by atoms with van der Waals surface area (Å²) in [5, 5.41) is 0.695. The lowest BCUT2D eigenvalue weighted by molar-refractivity contribution is 0.719. The molecule has 4 nitrogen and oxygen atoms in total. The molecule has 1 fully saturated rings. The van der Waals surface area contributed by atoms with E-state index in [-0.39, 0.29) is 0 Å². The van der Waals surface area contributed by atoms with Crippen LogP contribution >= 0.6 is 11.8 Å². The van der Waals surface area contributed by atoms with E-state index >= 15 is 0 Å². The maximum atomic E-state index is 5.82. The summed E-state index contributed by atoms with van der Waals surface area (Å²) in [6, 6.07) is 0. The highest BCUT2D eigenvalue weighted by molar-refractivity contribution is 8.00. The van der Waals surface area contributed by atoms with E-state index in [1.54, 1.807) is 12.4 Å². The number of nitrogen functional groups attached to an aromatic ring is 1. The van der Waals surface area contributed by atoms with E-state index in [0.29, 0.717) is 11.1 Å². The molecular formula is C10H16N4S. The highest BCUT2D eigenvalue weighted by atomic mass is 32.2. The minimum atomic E-state index is 0.541. The molecule has 0 amide bonds. The number of anilines is 2. The van der Waals surface area contributed by atoms with Gasteiger partial charge < -0.3 is 10.6 Å². The molecule has 1 unspecified atom stereocenters. The van der Waals surface area contributed by atoms with Crippen LogP contribution in [0.4, 0.5) is 11.6 Å². The van der Waals surface area contributed by atoms with Crippen molar-refractivity contribution in [2.75, 3.05) is 29.5 Å². The van der Waals surface area contributed by atoms with E-state index < -0.39 is 0 Å². The Morgan fingerprint density at radius 1 is 1.53 bits per heavy atom. The maximum Gasteiger partial charge on any atom is 0.171 e. The summed E-state index contributed by atoms with van der Waals surface area (Å²) in [7, 11) is 0. The molecule has 1 atom stereocenters. The van der Waals surface area contributed by atoms with Gasteiger partial charge in [-0.05, 0) is 6.42 Å². The van der Waals surface area contributed by atoms with Gasteiger partial charge in [0.1, 0.15) is 0 Å². The predicted octanol–water partition coefficient (Wildman–Crippen LogP) is 1.39. The summed E-state index contributed by atoms with van der Waals surface area (Å²) in [5.74, 6) is 2.53. The fourth-order valence-corrected chi connectivity index (χ4v) is 2.92. The summed E-state index contributed by atoms with van der Waals surface area (Å²) < 4.78 is 0. The number of rotatable bonds is 2. The van der Waals surface area contributed by atoms with E-state index in [1.807, 2.05) is 11.8 Å². The van der Waals surface area contributed by atoms with E-state index in [0.717, 1.165) is 24.7 Å². The summed E-state index contributed by atoms with van der Waals surface area (Å²) in [6.07, 6.45) is 4.53. The third-order valence-corrected chi connectivity index (χ3v) is 3.97. The largest absolute Gasteiger partial charge is 0.381 e. The fourth-order valence-electron chi connectivity index (χ4n) is 1.74. The Balaban J connectivity index is 2.13. The minimum absolute atomic E-state index is 0.541.